The SMILES string of the molecule is CCC1CCCC(Oc2ccc3c(c2)CC[C@H]3N)C1. The molecular weight excluding hydrogens is 234 g/mol. The van der Waals surface area contributed by atoms with Crippen LogP contribution >= 0.6 is 0 Å². The van der Waals surface area contributed by atoms with Crippen LogP contribution in [0.15, 0.2) is 18.2 Å². The van der Waals surface area contributed by atoms with E-state index in [-0.39, 0.29) is 6.04 Å². The minimum atomic E-state index is 0.239. The van der Waals surface area contributed by atoms with E-state index in [0.29, 0.717) is 6.10 Å². The molecule has 19 heavy (non-hydrogen) atoms. The van der Waals surface area contributed by atoms with Crippen LogP contribution in [0.1, 0.15) is 62.6 Å². The van der Waals surface area contributed by atoms with E-state index >= 15 is 0 Å². The lowest BCUT2D eigenvalue weighted by Crippen LogP contribution is -2.25. The molecule has 1 saturated carbocycles. The third kappa shape index (κ3) is 2.79. The van der Waals surface area contributed by atoms with Crippen molar-refractivity contribution in [1.82, 2.24) is 0 Å². The molecule has 104 valence electrons. The van der Waals surface area contributed by atoms with Gasteiger partial charge in [-0.1, -0.05) is 25.8 Å². The number of hydrogen-bond donors (Lipinski definition) is 1. The maximum Gasteiger partial charge on any atom is 0.120 e. The van der Waals surface area contributed by atoms with E-state index in [9.17, 15) is 0 Å². The summed E-state index contributed by atoms with van der Waals surface area (Å²) in [6.07, 6.45) is 9.05. The van der Waals surface area contributed by atoms with Crippen molar-refractivity contribution >= 4 is 0 Å². The van der Waals surface area contributed by atoms with Crippen molar-refractivity contribution in [2.45, 2.75) is 64.0 Å². The Hall–Kier alpha value is -1.02. The topological polar surface area (TPSA) is 35.2 Å². The minimum Gasteiger partial charge on any atom is -0.490 e. The van der Waals surface area contributed by atoms with Crippen LogP contribution < -0.4 is 10.5 Å². The third-order valence-corrected chi connectivity index (χ3v) is 4.85. The largest absolute Gasteiger partial charge is 0.490 e. The highest BCUT2D eigenvalue weighted by Crippen LogP contribution is 2.34. The molecule has 0 heterocycles. The summed E-state index contributed by atoms with van der Waals surface area (Å²) in [6, 6.07) is 6.74. The van der Waals surface area contributed by atoms with Crippen LogP contribution in [0, 0.1) is 5.92 Å². The summed E-state index contributed by atoms with van der Waals surface area (Å²) in [7, 11) is 0. The molecule has 3 rings (SSSR count). The van der Waals surface area contributed by atoms with Gasteiger partial charge in [-0.05, 0) is 61.3 Å². The Morgan fingerprint density at radius 3 is 3.00 bits per heavy atom. The van der Waals surface area contributed by atoms with Gasteiger partial charge in [0.2, 0.25) is 0 Å². The fraction of sp³-hybridized carbons (Fsp3) is 0.647. The van der Waals surface area contributed by atoms with Crippen molar-refractivity contribution in [1.29, 1.82) is 0 Å². The first kappa shape index (κ1) is 13.0. The van der Waals surface area contributed by atoms with Crippen molar-refractivity contribution in [2.75, 3.05) is 0 Å². The van der Waals surface area contributed by atoms with E-state index in [2.05, 4.69) is 25.1 Å². The maximum absolute atomic E-state index is 6.21. The summed E-state index contributed by atoms with van der Waals surface area (Å²) in [5, 5.41) is 0. The lowest BCUT2D eigenvalue weighted by Gasteiger charge is -2.29. The van der Waals surface area contributed by atoms with Crippen LogP contribution in [0.25, 0.3) is 0 Å². The summed E-state index contributed by atoms with van der Waals surface area (Å²) in [4.78, 5) is 0. The average Bonchev–Trinajstić information content (AvgIpc) is 2.80. The van der Waals surface area contributed by atoms with Crippen LogP contribution in [0.4, 0.5) is 0 Å². The van der Waals surface area contributed by atoms with E-state index in [4.69, 9.17) is 10.5 Å². The predicted octanol–water partition coefficient (Wildman–Crippen LogP) is 3.98. The number of hydrogen-bond acceptors (Lipinski definition) is 2. The zero-order chi connectivity index (χ0) is 13.2. The molecule has 0 aromatic heterocycles. The third-order valence-electron chi connectivity index (χ3n) is 4.85. The van der Waals surface area contributed by atoms with Gasteiger partial charge in [0, 0.05) is 6.04 Å². The fourth-order valence-electron chi connectivity index (χ4n) is 3.61. The molecule has 1 fully saturated rings. The molecule has 2 unspecified atom stereocenters. The molecule has 3 atom stereocenters. The second-order valence-electron chi connectivity index (χ2n) is 6.19. The van der Waals surface area contributed by atoms with Gasteiger partial charge in [0.05, 0.1) is 6.10 Å². The molecule has 0 saturated heterocycles. The lowest BCUT2D eigenvalue weighted by molar-refractivity contribution is 0.122. The van der Waals surface area contributed by atoms with Gasteiger partial charge in [-0.25, -0.2) is 0 Å². The molecule has 2 aliphatic carbocycles. The van der Waals surface area contributed by atoms with Gasteiger partial charge in [-0.15, -0.1) is 0 Å². The second-order valence-corrected chi connectivity index (χ2v) is 6.19. The van der Waals surface area contributed by atoms with Crippen LogP contribution in [-0.4, -0.2) is 6.10 Å². The molecule has 2 nitrogen and oxygen atoms in total. The highest BCUT2D eigenvalue weighted by Gasteiger charge is 2.23. The quantitative estimate of drug-likeness (QED) is 0.891. The molecule has 0 amide bonds. The standard InChI is InChI=1S/C17H25NO/c1-2-12-4-3-5-14(10-12)19-15-7-8-16-13(11-15)6-9-17(16)18/h7-8,11-12,14,17H,2-6,9-10,18H2,1H3/t12?,14?,17-/m1/s1. The number of benzene rings is 1. The van der Waals surface area contributed by atoms with Gasteiger partial charge < -0.3 is 10.5 Å². The predicted molar refractivity (Wildman–Crippen MR) is 78.4 cm³/mol. The van der Waals surface area contributed by atoms with Gasteiger partial charge >= 0.3 is 0 Å². The molecule has 1 aromatic rings. The molecule has 2 N–H and O–H groups in total. The van der Waals surface area contributed by atoms with E-state index in [1.54, 1.807) is 0 Å². The molecule has 0 spiro atoms. The van der Waals surface area contributed by atoms with E-state index in [0.717, 1.165) is 24.5 Å². The first-order valence-electron chi connectivity index (χ1n) is 7.81. The lowest BCUT2D eigenvalue weighted by atomic mass is 9.85. The Labute approximate surface area is 116 Å². The summed E-state index contributed by atoms with van der Waals surface area (Å²) in [5.41, 5.74) is 8.79. The van der Waals surface area contributed by atoms with E-state index in [1.807, 2.05) is 0 Å². The Morgan fingerprint density at radius 2 is 2.16 bits per heavy atom. The first-order valence-corrected chi connectivity index (χ1v) is 7.81. The minimum absolute atomic E-state index is 0.239. The van der Waals surface area contributed by atoms with Gasteiger partial charge in [-0.3, -0.25) is 0 Å². The highest BCUT2D eigenvalue weighted by atomic mass is 16.5. The Bertz CT molecular complexity index is 443. The van der Waals surface area contributed by atoms with E-state index in [1.165, 1.54) is 43.2 Å². The van der Waals surface area contributed by atoms with Crippen molar-refractivity contribution < 1.29 is 4.74 Å². The molecule has 2 heteroatoms. The summed E-state index contributed by atoms with van der Waals surface area (Å²) >= 11 is 0. The van der Waals surface area contributed by atoms with Crippen molar-refractivity contribution in [3.8, 4) is 5.75 Å². The molecular formula is C17H25NO. The smallest absolute Gasteiger partial charge is 0.120 e. The first-order chi connectivity index (χ1) is 9.26. The maximum atomic E-state index is 6.21. The zero-order valence-electron chi connectivity index (χ0n) is 11.9. The van der Waals surface area contributed by atoms with Crippen LogP contribution in [0.5, 0.6) is 5.75 Å². The zero-order valence-corrected chi connectivity index (χ0v) is 11.9. The molecule has 0 radical (unpaired) electrons. The van der Waals surface area contributed by atoms with Crippen molar-refractivity contribution in [2.24, 2.45) is 11.7 Å². The number of aryl methyl sites for hydroxylation is 1. The summed E-state index contributed by atoms with van der Waals surface area (Å²) < 4.78 is 6.21. The van der Waals surface area contributed by atoms with Crippen molar-refractivity contribution in [3.63, 3.8) is 0 Å². The number of fused-ring (bicyclic) bond motifs is 1. The normalized spacial score (nSPS) is 30.1. The highest BCUT2D eigenvalue weighted by molar-refractivity contribution is 5.40. The van der Waals surface area contributed by atoms with Crippen LogP contribution in [0.2, 0.25) is 0 Å². The van der Waals surface area contributed by atoms with E-state index < -0.39 is 0 Å². The number of rotatable bonds is 3. The Kier molecular flexibility index (Phi) is 3.79. The molecule has 1 aromatic carbocycles. The summed E-state index contributed by atoms with van der Waals surface area (Å²) in [6.45, 7) is 2.30. The molecule has 0 aliphatic heterocycles. The van der Waals surface area contributed by atoms with Gasteiger partial charge in [-0.2, -0.15) is 0 Å². The molecule has 0 bridgehead atoms. The average molecular weight is 259 g/mol. The van der Waals surface area contributed by atoms with Gasteiger partial charge in [0.25, 0.3) is 0 Å². The second kappa shape index (κ2) is 5.54. The van der Waals surface area contributed by atoms with Crippen LogP contribution in [0.3, 0.4) is 0 Å². The summed E-state index contributed by atoms with van der Waals surface area (Å²) in [5.74, 6) is 1.91. The van der Waals surface area contributed by atoms with Crippen molar-refractivity contribution in [3.05, 3.63) is 29.3 Å². The number of nitrogens with two attached hydrogens (primary N) is 1. The van der Waals surface area contributed by atoms with Gasteiger partial charge in [0.1, 0.15) is 5.75 Å². The Balaban J connectivity index is 1.67. The Morgan fingerprint density at radius 1 is 1.26 bits per heavy atom. The van der Waals surface area contributed by atoms with Gasteiger partial charge in [0.15, 0.2) is 0 Å². The van der Waals surface area contributed by atoms with Crippen LogP contribution in [-0.2, 0) is 6.42 Å². The molecule has 2 aliphatic rings. The monoisotopic (exact) mass is 259 g/mol. The number of ether oxygens (including phenoxy) is 1. The fourth-order valence-corrected chi connectivity index (χ4v) is 3.61.